The van der Waals surface area contributed by atoms with E-state index < -0.39 is 0 Å². The molecule has 3 rings (SSSR count). The van der Waals surface area contributed by atoms with E-state index in [0.717, 1.165) is 29.0 Å². The van der Waals surface area contributed by atoms with Crippen molar-refractivity contribution in [1.29, 1.82) is 0 Å². The van der Waals surface area contributed by atoms with Crippen LogP contribution in [-0.2, 0) is 6.42 Å². The number of aromatic amines is 1. The highest BCUT2D eigenvalue weighted by atomic mass is 35.5. The molecule has 1 saturated heterocycles. The first-order chi connectivity index (χ1) is 8.60. The third kappa shape index (κ3) is 1.66. The van der Waals surface area contributed by atoms with Crippen molar-refractivity contribution in [3.8, 4) is 0 Å². The SMILES string of the molecule is CCc1[nH]c2nc(C)nc(N3CC(O)C3)c2c1Cl. The van der Waals surface area contributed by atoms with Crippen molar-refractivity contribution >= 4 is 28.5 Å². The minimum Gasteiger partial charge on any atom is -0.389 e. The molecule has 0 atom stereocenters. The van der Waals surface area contributed by atoms with Gasteiger partial charge >= 0.3 is 0 Å². The number of halogens is 1. The summed E-state index contributed by atoms with van der Waals surface area (Å²) in [5, 5.41) is 11.0. The molecule has 0 unspecified atom stereocenters. The molecule has 0 radical (unpaired) electrons. The fraction of sp³-hybridized carbons (Fsp3) is 0.500. The zero-order valence-corrected chi connectivity index (χ0v) is 11.1. The molecule has 1 aliphatic rings. The Hall–Kier alpha value is -1.33. The molecule has 5 nitrogen and oxygen atoms in total. The van der Waals surface area contributed by atoms with E-state index in [1.54, 1.807) is 0 Å². The number of fused-ring (bicyclic) bond motifs is 1. The average Bonchev–Trinajstić information content (AvgIpc) is 2.61. The molecule has 0 amide bonds. The zero-order valence-electron chi connectivity index (χ0n) is 10.4. The van der Waals surface area contributed by atoms with Crippen LogP contribution in [0.5, 0.6) is 0 Å². The number of aromatic nitrogens is 3. The summed E-state index contributed by atoms with van der Waals surface area (Å²) in [6, 6.07) is 0. The van der Waals surface area contributed by atoms with Crippen LogP contribution >= 0.6 is 11.6 Å². The lowest BCUT2D eigenvalue weighted by molar-refractivity contribution is 0.141. The van der Waals surface area contributed by atoms with Crippen molar-refractivity contribution in [3.05, 3.63) is 16.5 Å². The Balaban J connectivity index is 2.19. The lowest BCUT2D eigenvalue weighted by Crippen LogP contribution is -2.51. The van der Waals surface area contributed by atoms with Crippen LogP contribution in [-0.4, -0.2) is 39.3 Å². The van der Waals surface area contributed by atoms with E-state index in [0.29, 0.717) is 23.9 Å². The van der Waals surface area contributed by atoms with Crippen LogP contribution in [0.25, 0.3) is 11.0 Å². The molecular weight excluding hydrogens is 252 g/mol. The lowest BCUT2D eigenvalue weighted by Gasteiger charge is -2.37. The van der Waals surface area contributed by atoms with Gasteiger partial charge < -0.3 is 15.0 Å². The second-order valence-electron chi connectivity index (χ2n) is 4.65. The lowest BCUT2D eigenvalue weighted by atomic mass is 10.1. The molecule has 96 valence electrons. The summed E-state index contributed by atoms with van der Waals surface area (Å²) < 4.78 is 0. The van der Waals surface area contributed by atoms with Gasteiger partial charge in [-0.25, -0.2) is 9.97 Å². The summed E-state index contributed by atoms with van der Waals surface area (Å²) in [5.41, 5.74) is 1.76. The number of anilines is 1. The van der Waals surface area contributed by atoms with Crippen LogP contribution in [0.2, 0.25) is 5.02 Å². The Morgan fingerprint density at radius 3 is 2.78 bits per heavy atom. The first-order valence-corrected chi connectivity index (χ1v) is 6.45. The fourth-order valence-electron chi connectivity index (χ4n) is 2.30. The number of aryl methyl sites for hydroxylation is 2. The number of nitrogens with zero attached hydrogens (tertiary/aromatic N) is 3. The van der Waals surface area contributed by atoms with Crippen LogP contribution < -0.4 is 4.90 Å². The standard InChI is InChI=1S/C12H15ClN4O/c1-3-8-10(13)9-11(16-8)14-6(2)15-12(9)17-4-7(18)5-17/h7,18H,3-5H2,1-2H3,(H,14,15,16). The maximum absolute atomic E-state index is 9.42. The third-order valence-electron chi connectivity index (χ3n) is 3.27. The Morgan fingerprint density at radius 1 is 1.44 bits per heavy atom. The van der Waals surface area contributed by atoms with Crippen molar-refractivity contribution in [3.63, 3.8) is 0 Å². The number of rotatable bonds is 2. The molecule has 0 bridgehead atoms. The predicted octanol–water partition coefficient (Wildman–Crippen LogP) is 1.66. The van der Waals surface area contributed by atoms with E-state index >= 15 is 0 Å². The van der Waals surface area contributed by atoms with Gasteiger partial charge in [0.15, 0.2) is 0 Å². The van der Waals surface area contributed by atoms with E-state index in [4.69, 9.17) is 11.6 Å². The Kier molecular flexibility index (Phi) is 2.68. The molecule has 0 spiro atoms. The van der Waals surface area contributed by atoms with Gasteiger partial charge in [0.1, 0.15) is 17.3 Å². The van der Waals surface area contributed by atoms with Gasteiger partial charge in [-0.15, -0.1) is 0 Å². The topological polar surface area (TPSA) is 65.0 Å². The summed E-state index contributed by atoms with van der Waals surface area (Å²) in [4.78, 5) is 14.1. The van der Waals surface area contributed by atoms with E-state index in [9.17, 15) is 5.11 Å². The van der Waals surface area contributed by atoms with Crippen LogP contribution in [0, 0.1) is 6.92 Å². The normalized spacial score (nSPS) is 16.3. The third-order valence-corrected chi connectivity index (χ3v) is 3.69. The van der Waals surface area contributed by atoms with Gasteiger partial charge in [0.2, 0.25) is 0 Å². The molecular formula is C12H15ClN4O. The van der Waals surface area contributed by atoms with Gasteiger partial charge in [0.25, 0.3) is 0 Å². The van der Waals surface area contributed by atoms with Crippen LogP contribution in [0.1, 0.15) is 18.4 Å². The van der Waals surface area contributed by atoms with Gasteiger partial charge in [-0.1, -0.05) is 18.5 Å². The van der Waals surface area contributed by atoms with E-state index in [1.165, 1.54) is 0 Å². The molecule has 0 saturated carbocycles. The number of hydrogen-bond acceptors (Lipinski definition) is 4. The predicted molar refractivity (Wildman–Crippen MR) is 71.2 cm³/mol. The molecule has 18 heavy (non-hydrogen) atoms. The van der Waals surface area contributed by atoms with Crippen molar-refractivity contribution in [2.24, 2.45) is 0 Å². The average molecular weight is 267 g/mol. The summed E-state index contributed by atoms with van der Waals surface area (Å²) in [6.45, 7) is 5.12. The molecule has 0 aromatic carbocycles. The highest BCUT2D eigenvalue weighted by Crippen LogP contribution is 2.35. The quantitative estimate of drug-likeness (QED) is 0.868. The number of aliphatic hydroxyl groups is 1. The molecule has 2 aromatic heterocycles. The molecule has 2 aromatic rings. The summed E-state index contributed by atoms with van der Waals surface area (Å²) >= 11 is 6.38. The van der Waals surface area contributed by atoms with E-state index in [-0.39, 0.29) is 6.10 Å². The number of aliphatic hydroxyl groups excluding tert-OH is 1. The van der Waals surface area contributed by atoms with Crippen molar-refractivity contribution in [1.82, 2.24) is 15.0 Å². The fourth-order valence-corrected chi connectivity index (χ4v) is 2.65. The zero-order chi connectivity index (χ0) is 12.9. The monoisotopic (exact) mass is 266 g/mol. The Bertz CT molecular complexity index is 604. The molecule has 6 heteroatoms. The minimum atomic E-state index is -0.265. The molecule has 1 aliphatic heterocycles. The Morgan fingerprint density at radius 2 is 2.17 bits per heavy atom. The summed E-state index contributed by atoms with van der Waals surface area (Å²) in [6.07, 6.45) is 0.565. The largest absolute Gasteiger partial charge is 0.389 e. The van der Waals surface area contributed by atoms with E-state index in [2.05, 4.69) is 15.0 Å². The number of H-pyrrole nitrogens is 1. The highest BCUT2D eigenvalue weighted by molar-refractivity contribution is 6.37. The van der Waals surface area contributed by atoms with Gasteiger partial charge in [0.05, 0.1) is 16.5 Å². The van der Waals surface area contributed by atoms with Crippen molar-refractivity contribution in [2.75, 3.05) is 18.0 Å². The van der Waals surface area contributed by atoms with Gasteiger partial charge in [-0.2, -0.15) is 0 Å². The maximum Gasteiger partial charge on any atom is 0.144 e. The summed E-state index contributed by atoms with van der Waals surface area (Å²) in [5.74, 6) is 1.53. The maximum atomic E-state index is 9.42. The number of β-amino-alcohol motifs (C(OH)–C–C–N with tert-alkyl or cyclic N) is 1. The second-order valence-corrected chi connectivity index (χ2v) is 5.03. The van der Waals surface area contributed by atoms with Crippen LogP contribution in [0.4, 0.5) is 5.82 Å². The second kappa shape index (κ2) is 4.10. The molecule has 0 aliphatic carbocycles. The first kappa shape index (κ1) is 11.7. The van der Waals surface area contributed by atoms with Gasteiger partial charge in [-0.3, -0.25) is 0 Å². The van der Waals surface area contributed by atoms with Crippen molar-refractivity contribution in [2.45, 2.75) is 26.4 Å². The molecule has 3 heterocycles. The molecule has 2 N–H and O–H groups in total. The van der Waals surface area contributed by atoms with Crippen LogP contribution in [0.3, 0.4) is 0 Å². The van der Waals surface area contributed by atoms with E-state index in [1.807, 2.05) is 18.7 Å². The first-order valence-electron chi connectivity index (χ1n) is 6.07. The smallest absolute Gasteiger partial charge is 0.144 e. The minimum absolute atomic E-state index is 0.265. The van der Waals surface area contributed by atoms with Gasteiger partial charge in [0, 0.05) is 18.8 Å². The molecule has 1 fully saturated rings. The van der Waals surface area contributed by atoms with Crippen LogP contribution in [0.15, 0.2) is 0 Å². The van der Waals surface area contributed by atoms with Gasteiger partial charge in [-0.05, 0) is 13.3 Å². The highest BCUT2D eigenvalue weighted by Gasteiger charge is 2.29. The van der Waals surface area contributed by atoms with Crippen molar-refractivity contribution < 1.29 is 5.11 Å². The Labute approximate surface area is 110 Å². The summed E-state index contributed by atoms with van der Waals surface area (Å²) in [7, 11) is 0. The number of hydrogen-bond donors (Lipinski definition) is 2. The number of nitrogens with one attached hydrogen (secondary N) is 1.